The Balaban J connectivity index is 1.31. The number of benzene rings is 2. The highest BCUT2D eigenvalue weighted by Gasteiger charge is 2.35. The SMILES string of the molecule is COc1nc(-c2cccc(-c3cccc(NC(=O)C4=CN(C)C(=O)N(C)C4)c3Cl)c2Cl)cc2c1C(N1CCNC(=O)C1)CC2. The van der Waals surface area contributed by atoms with E-state index in [1.165, 1.54) is 16.0 Å². The number of aryl methyl sites for hydroxylation is 1. The van der Waals surface area contributed by atoms with E-state index in [0.717, 1.165) is 36.1 Å². The molecule has 10 nitrogen and oxygen atoms in total. The number of hydrogen-bond acceptors (Lipinski definition) is 6. The number of rotatable bonds is 6. The number of nitrogens with zero attached hydrogens (tertiary/aromatic N) is 4. The van der Waals surface area contributed by atoms with Crippen molar-refractivity contribution in [1.82, 2.24) is 25.0 Å². The van der Waals surface area contributed by atoms with Crippen molar-refractivity contribution >= 4 is 46.7 Å². The number of anilines is 1. The smallest absolute Gasteiger partial charge is 0.323 e. The molecule has 1 saturated heterocycles. The molecule has 3 aromatic rings. The summed E-state index contributed by atoms with van der Waals surface area (Å²) < 4.78 is 5.79. The van der Waals surface area contributed by atoms with Crippen LogP contribution in [0.4, 0.5) is 10.5 Å². The van der Waals surface area contributed by atoms with Gasteiger partial charge in [-0.3, -0.25) is 14.5 Å². The monoisotopic (exact) mass is 634 g/mol. The Labute approximate surface area is 265 Å². The standard InChI is InChI=1S/C32H32Cl2N6O4/c1-38-15-19(16-39(2)32(38)43)30(42)36-23-9-5-7-21(29(23)34)20-6-4-8-22(28(20)33)24-14-18-10-11-25(27(18)31(37-24)44-3)40-13-12-35-26(41)17-40/h4-9,14-15,25H,10-13,16-17H2,1-3H3,(H,35,41)(H,36,42). The average molecular weight is 636 g/mol. The number of ether oxygens (including phenoxy) is 1. The van der Waals surface area contributed by atoms with Crippen molar-refractivity contribution in [2.45, 2.75) is 18.9 Å². The van der Waals surface area contributed by atoms with Crippen LogP contribution in [-0.4, -0.2) is 84.9 Å². The van der Waals surface area contributed by atoms with Crippen LogP contribution in [0.15, 0.2) is 54.2 Å². The summed E-state index contributed by atoms with van der Waals surface area (Å²) in [5.41, 5.74) is 5.74. The molecule has 12 heteroatoms. The molecule has 1 aliphatic carbocycles. The third-order valence-corrected chi connectivity index (χ3v) is 9.13. The van der Waals surface area contributed by atoms with E-state index < -0.39 is 0 Å². The fourth-order valence-corrected chi connectivity index (χ4v) is 6.79. The van der Waals surface area contributed by atoms with Crippen molar-refractivity contribution in [2.75, 3.05) is 52.7 Å². The van der Waals surface area contributed by atoms with E-state index in [0.29, 0.717) is 57.1 Å². The quantitative estimate of drug-likeness (QED) is 0.397. The molecule has 228 valence electrons. The maximum atomic E-state index is 13.1. The van der Waals surface area contributed by atoms with Gasteiger partial charge in [-0.15, -0.1) is 0 Å². The molecule has 0 saturated carbocycles. The number of carbonyl (C=O) groups is 3. The lowest BCUT2D eigenvalue weighted by Gasteiger charge is -2.32. The number of halogens is 2. The van der Waals surface area contributed by atoms with Gasteiger partial charge in [0, 0.05) is 61.7 Å². The highest BCUT2D eigenvalue weighted by molar-refractivity contribution is 6.39. The molecule has 1 fully saturated rings. The second-order valence-corrected chi connectivity index (χ2v) is 11.9. The highest BCUT2D eigenvalue weighted by atomic mass is 35.5. The lowest BCUT2D eigenvalue weighted by atomic mass is 9.99. The minimum absolute atomic E-state index is 0.0295. The first-order chi connectivity index (χ1) is 21.2. The summed E-state index contributed by atoms with van der Waals surface area (Å²) >= 11 is 13.9. The van der Waals surface area contributed by atoms with Crippen molar-refractivity contribution in [2.24, 2.45) is 0 Å². The van der Waals surface area contributed by atoms with Gasteiger partial charge in [0.1, 0.15) is 0 Å². The van der Waals surface area contributed by atoms with E-state index in [-0.39, 0.29) is 30.4 Å². The first-order valence-electron chi connectivity index (χ1n) is 14.3. The van der Waals surface area contributed by atoms with E-state index >= 15 is 0 Å². The molecule has 3 heterocycles. The van der Waals surface area contributed by atoms with Gasteiger partial charge < -0.3 is 25.2 Å². The Kier molecular flexibility index (Phi) is 8.24. The van der Waals surface area contributed by atoms with Crippen LogP contribution in [0.2, 0.25) is 10.0 Å². The summed E-state index contributed by atoms with van der Waals surface area (Å²) in [6.45, 7) is 1.95. The summed E-state index contributed by atoms with van der Waals surface area (Å²) in [7, 11) is 4.85. The zero-order valence-electron chi connectivity index (χ0n) is 24.6. The maximum absolute atomic E-state index is 13.1. The van der Waals surface area contributed by atoms with E-state index in [4.69, 9.17) is 32.9 Å². The van der Waals surface area contributed by atoms with E-state index in [2.05, 4.69) is 21.6 Å². The van der Waals surface area contributed by atoms with Crippen molar-refractivity contribution in [3.63, 3.8) is 0 Å². The Morgan fingerprint density at radius 1 is 1.05 bits per heavy atom. The van der Waals surface area contributed by atoms with Crippen LogP contribution >= 0.6 is 23.2 Å². The molecule has 1 atom stereocenters. The van der Waals surface area contributed by atoms with Gasteiger partial charge in [0.05, 0.1) is 47.2 Å². The number of urea groups is 1. The minimum atomic E-state index is -0.354. The zero-order chi connectivity index (χ0) is 31.1. The van der Waals surface area contributed by atoms with Gasteiger partial charge in [0.2, 0.25) is 11.8 Å². The number of piperazine rings is 1. The van der Waals surface area contributed by atoms with Crippen LogP contribution in [0.25, 0.3) is 22.4 Å². The molecule has 2 aliphatic heterocycles. The van der Waals surface area contributed by atoms with Gasteiger partial charge in [-0.2, -0.15) is 0 Å². The molecule has 0 radical (unpaired) electrons. The van der Waals surface area contributed by atoms with Crippen LogP contribution in [-0.2, 0) is 16.0 Å². The summed E-state index contributed by atoms with van der Waals surface area (Å²) in [6, 6.07) is 13.0. The fraction of sp³-hybridized carbons (Fsp3) is 0.312. The Morgan fingerprint density at radius 2 is 1.77 bits per heavy atom. The lowest BCUT2D eigenvalue weighted by Crippen LogP contribution is -2.48. The largest absolute Gasteiger partial charge is 0.481 e. The van der Waals surface area contributed by atoms with Crippen LogP contribution in [0.5, 0.6) is 5.88 Å². The van der Waals surface area contributed by atoms with Crippen LogP contribution in [0.1, 0.15) is 23.6 Å². The molecule has 6 rings (SSSR count). The Hall–Kier alpha value is -4.12. The Morgan fingerprint density at radius 3 is 2.50 bits per heavy atom. The first kappa shape index (κ1) is 29.9. The van der Waals surface area contributed by atoms with Gasteiger partial charge in [0.25, 0.3) is 5.91 Å². The van der Waals surface area contributed by atoms with Crippen molar-refractivity contribution in [1.29, 1.82) is 0 Å². The molecule has 2 aromatic carbocycles. The summed E-state index contributed by atoms with van der Waals surface area (Å²) in [5.74, 6) is 0.208. The molecule has 4 amide bonds. The normalized spacial score (nSPS) is 18.6. The average Bonchev–Trinajstić information content (AvgIpc) is 3.45. The lowest BCUT2D eigenvalue weighted by molar-refractivity contribution is -0.125. The van der Waals surface area contributed by atoms with Gasteiger partial charge in [0.15, 0.2) is 0 Å². The number of carbonyl (C=O) groups excluding carboxylic acids is 3. The van der Waals surface area contributed by atoms with Gasteiger partial charge in [-0.1, -0.05) is 53.5 Å². The van der Waals surface area contributed by atoms with Crippen LogP contribution in [0, 0.1) is 0 Å². The second kappa shape index (κ2) is 12.1. The molecular weight excluding hydrogens is 603 g/mol. The number of fused-ring (bicyclic) bond motifs is 1. The number of nitrogens with one attached hydrogen (secondary N) is 2. The van der Waals surface area contributed by atoms with Gasteiger partial charge >= 0.3 is 6.03 Å². The van der Waals surface area contributed by atoms with E-state index in [1.807, 2.05) is 24.3 Å². The van der Waals surface area contributed by atoms with Crippen molar-refractivity contribution < 1.29 is 19.1 Å². The van der Waals surface area contributed by atoms with E-state index in [9.17, 15) is 14.4 Å². The first-order valence-corrected chi connectivity index (χ1v) is 15.1. The molecule has 3 aliphatic rings. The molecule has 0 bridgehead atoms. The van der Waals surface area contributed by atoms with Crippen LogP contribution < -0.4 is 15.4 Å². The summed E-state index contributed by atoms with van der Waals surface area (Å²) in [4.78, 5) is 47.1. The minimum Gasteiger partial charge on any atom is -0.481 e. The number of pyridine rings is 1. The number of amides is 4. The maximum Gasteiger partial charge on any atom is 0.323 e. The third-order valence-electron chi connectivity index (χ3n) is 8.32. The second-order valence-electron chi connectivity index (χ2n) is 11.2. The highest BCUT2D eigenvalue weighted by Crippen LogP contribution is 2.45. The number of methoxy groups -OCH3 is 1. The van der Waals surface area contributed by atoms with Gasteiger partial charge in [-0.05, 0) is 30.5 Å². The summed E-state index contributed by atoms with van der Waals surface area (Å²) in [6.07, 6.45) is 3.25. The fourth-order valence-electron chi connectivity index (χ4n) is 6.19. The predicted octanol–water partition coefficient (Wildman–Crippen LogP) is 4.97. The Bertz CT molecular complexity index is 1710. The molecule has 0 spiro atoms. The van der Waals surface area contributed by atoms with E-state index in [1.54, 1.807) is 33.3 Å². The van der Waals surface area contributed by atoms with Crippen molar-refractivity contribution in [3.8, 4) is 28.3 Å². The predicted molar refractivity (Wildman–Crippen MR) is 170 cm³/mol. The third kappa shape index (κ3) is 5.49. The zero-order valence-corrected chi connectivity index (χ0v) is 26.1. The molecular formula is C32H32Cl2N6O4. The summed E-state index contributed by atoms with van der Waals surface area (Å²) in [5, 5.41) is 6.57. The van der Waals surface area contributed by atoms with Gasteiger partial charge in [-0.25, -0.2) is 9.78 Å². The molecule has 2 N–H and O–H groups in total. The molecule has 1 unspecified atom stereocenters. The molecule has 44 heavy (non-hydrogen) atoms. The molecule has 1 aromatic heterocycles. The van der Waals surface area contributed by atoms with Crippen LogP contribution in [0.3, 0.4) is 0 Å². The number of likely N-dealkylation sites (N-methyl/N-ethyl adjacent to an activating group) is 1. The number of aromatic nitrogens is 1. The number of hydrogen-bond donors (Lipinski definition) is 2. The van der Waals surface area contributed by atoms with Crippen molar-refractivity contribution in [3.05, 3.63) is 75.4 Å². The topological polar surface area (TPSA) is 107 Å².